The van der Waals surface area contributed by atoms with E-state index in [4.69, 9.17) is 4.74 Å². The van der Waals surface area contributed by atoms with E-state index in [-0.39, 0.29) is 18.2 Å². The fraction of sp³-hybridized carbons (Fsp3) is 0.143. The Bertz CT molecular complexity index is 813. The highest BCUT2D eigenvalue weighted by atomic mass is 16.6. The molecule has 0 radical (unpaired) electrons. The molecule has 3 aromatic heterocycles. The SMILES string of the molecule is Cc1cccn2cc(COc3cccnc3[N+](=O)[O-])nc12. The number of rotatable bonds is 4. The van der Waals surface area contributed by atoms with Gasteiger partial charge in [-0.25, -0.2) is 4.98 Å². The van der Waals surface area contributed by atoms with E-state index in [1.165, 1.54) is 12.3 Å². The molecular weight excluding hydrogens is 272 g/mol. The van der Waals surface area contributed by atoms with E-state index in [9.17, 15) is 10.1 Å². The molecule has 0 spiro atoms. The molecule has 7 nitrogen and oxygen atoms in total. The van der Waals surface area contributed by atoms with E-state index in [1.807, 2.05) is 35.9 Å². The van der Waals surface area contributed by atoms with E-state index in [1.54, 1.807) is 6.07 Å². The average molecular weight is 284 g/mol. The predicted octanol–water partition coefficient (Wildman–Crippen LogP) is 2.52. The van der Waals surface area contributed by atoms with E-state index >= 15 is 0 Å². The van der Waals surface area contributed by atoms with Gasteiger partial charge in [0.25, 0.3) is 0 Å². The van der Waals surface area contributed by atoms with Crippen LogP contribution in [0, 0.1) is 17.0 Å². The fourth-order valence-electron chi connectivity index (χ4n) is 2.06. The standard InChI is InChI=1S/C14H12N4O3/c1-10-4-3-7-17-8-11(16-13(10)17)9-21-12-5-2-6-15-14(12)18(19)20/h2-8H,9H2,1H3. The van der Waals surface area contributed by atoms with Crippen molar-refractivity contribution in [3.8, 4) is 5.75 Å². The smallest absolute Gasteiger partial charge is 0.406 e. The number of nitrogens with zero attached hydrogens (tertiary/aromatic N) is 4. The van der Waals surface area contributed by atoms with Crippen molar-refractivity contribution in [2.75, 3.05) is 0 Å². The summed E-state index contributed by atoms with van der Waals surface area (Å²) in [5.41, 5.74) is 2.59. The Morgan fingerprint density at radius 1 is 1.38 bits per heavy atom. The van der Waals surface area contributed by atoms with Gasteiger partial charge >= 0.3 is 5.82 Å². The maximum Gasteiger partial charge on any atom is 0.406 e. The highest BCUT2D eigenvalue weighted by molar-refractivity contribution is 5.48. The van der Waals surface area contributed by atoms with Crippen molar-refractivity contribution in [3.63, 3.8) is 0 Å². The average Bonchev–Trinajstić information content (AvgIpc) is 2.90. The van der Waals surface area contributed by atoms with Gasteiger partial charge in [-0.3, -0.25) is 0 Å². The Labute approximate surface area is 120 Å². The van der Waals surface area contributed by atoms with Gasteiger partial charge in [-0.15, -0.1) is 0 Å². The van der Waals surface area contributed by atoms with Gasteiger partial charge in [0.15, 0.2) is 0 Å². The fourth-order valence-corrected chi connectivity index (χ4v) is 2.06. The van der Waals surface area contributed by atoms with Crippen LogP contribution in [0.3, 0.4) is 0 Å². The van der Waals surface area contributed by atoms with Crippen LogP contribution < -0.4 is 4.74 Å². The molecule has 0 N–H and O–H groups in total. The maximum absolute atomic E-state index is 10.9. The number of imidazole rings is 1. The summed E-state index contributed by atoms with van der Waals surface area (Å²) >= 11 is 0. The quantitative estimate of drug-likeness (QED) is 0.543. The van der Waals surface area contributed by atoms with E-state index in [0.29, 0.717) is 5.69 Å². The Morgan fingerprint density at radius 3 is 3.00 bits per heavy atom. The summed E-state index contributed by atoms with van der Waals surface area (Å²) in [5, 5.41) is 10.9. The first-order chi connectivity index (χ1) is 10.1. The molecular formula is C14H12N4O3. The molecule has 0 atom stereocenters. The van der Waals surface area contributed by atoms with Crippen molar-refractivity contribution in [2.24, 2.45) is 0 Å². The summed E-state index contributed by atoms with van der Waals surface area (Å²) in [4.78, 5) is 18.4. The number of fused-ring (bicyclic) bond motifs is 1. The summed E-state index contributed by atoms with van der Waals surface area (Å²) in [6, 6.07) is 7.02. The van der Waals surface area contributed by atoms with Crippen LogP contribution in [0.5, 0.6) is 5.75 Å². The van der Waals surface area contributed by atoms with Crippen LogP contribution in [-0.4, -0.2) is 19.3 Å². The minimum Gasteiger partial charge on any atom is -0.479 e. The Morgan fingerprint density at radius 2 is 2.24 bits per heavy atom. The number of pyridine rings is 2. The lowest BCUT2D eigenvalue weighted by Crippen LogP contribution is -2.00. The largest absolute Gasteiger partial charge is 0.479 e. The number of ether oxygens (including phenoxy) is 1. The third-order valence-corrected chi connectivity index (χ3v) is 3.03. The molecule has 7 heteroatoms. The van der Waals surface area contributed by atoms with Crippen LogP contribution in [0.25, 0.3) is 5.65 Å². The molecule has 3 rings (SSSR count). The van der Waals surface area contributed by atoms with Gasteiger partial charge in [0, 0.05) is 12.4 Å². The molecule has 0 saturated heterocycles. The summed E-state index contributed by atoms with van der Waals surface area (Å²) in [6.45, 7) is 2.12. The zero-order valence-electron chi connectivity index (χ0n) is 11.3. The first kappa shape index (κ1) is 13.0. The van der Waals surface area contributed by atoms with Crippen molar-refractivity contribution >= 4 is 11.5 Å². The molecule has 0 bridgehead atoms. The van der Waals surface area contributed by atoms with Crippen molar-refractivity contribution in [3.05, 3.63) is 64.2 Å². The molecule has 0 aliphatic heterocycles. The highest BCUT2D eigenvalue weighted by Crippen LogP contribution is 2.24. The number of aryl methyl sites for hydroxylation is 1. The topological polar surface area (TPSA) is 82.6 Å². The van der Waals surface area contributed by atoms with Gasteiger partial charge in [-0.05, 0) is 40.6 Å². The third-order valence-electron chi connectivity index (χ3n) is 3.03. The normalized spacial score (nSPS) is 10.7. The second-order valence-corrected chi connectivity index (χ2v) is 4.53. The zero-order valence-corrected chi connectivity index (χ0v) is 11.3. The van der Waals surface area contributed by atoms with Crippen LogP contribution in [0.4, 0.5) is 5.82 Å². The molecule has 3 heterocycles. The lowest BCUT2D eigenvalue weighted by Gasteiger charge is -2.03. The van der Waals surface area contributed by atoms with Crippen molar-refractivity contribution < 1.29 is 9.66 Å². The van der Waals surface area contributed by atoms with Gasteiger partial charge in [0.05, 0.1) is 5.69 Å². The van der Waals surface area contributed by atoms with Crippen LogP contribution in [0.1, 0.15) is 11.3 Å². The summed E-state index contributed by atoms with van der Waals surface area (Å²) < 4.78 is 7.37. The summed E-state index contributed by atoms with van der Waals surface area (Å²) in [7, 11) is 0. The minimum absolute atomic E-state index is 0.135. The molecule has 0 fully saturated rings. The van der Waals surface area contributed by atoms with Gasteiger partial charge in [0.1, 0.15) is 18.5 Å². The molecule has 3 aromatic rings. The number of aromatic nitrogens is 3. The maximum atomic E-state index is 10.9. The monoisotopic (exact) mass is 284 g/mol. The lowest BCUT2D eigenvalue weighted by molar-refractivity contribution is -0.390. The van der Waals surface area contributed by atoms with Crippen LogP contribution in [0.2, 0.25) is 0 Å². The zero-order chi connectivity index (χ0) is 14.8. The van der Waals surface area contributed by atoms with Crippen molar-refractivity contribution in [1.82, 2.24) is 14.4 Å². The Hall–Kier alpha value is -2.96. The van der Waals surface area contributed by atoms with Crippen LogP contribution in [0.15, 0.2) is 42.9 Å². The van der Waals surface area contributed by atoms with Crippen LogP contribution in [-0.2, 0) is 6.61 Å². The lowest BCUT2D eigenvalue weighted by atomic mass is 10.3. The Kier molecular flexibility index (Phi) is 3.23. The molecule has 0 aliphatic carbocycles. The molecule has 0 amide bonds. The predicted molar refractivity (Wildman–Crippen MR) is 75.2 cm³/mol. The first-order valence-corrected chi connectivity index (χ1v) is 6.30. The van der Waals surface area contributed by atoms with Gasteiger partial charge in [0.2, 0.25) is 5.75 Å². The minimum atomic E-state index is -0.566. The number of hydrogen-bond donors (Lipinski definition) is 0. The molecule has 106 valence electrons. The molecule has 0 aromatic carbocycles. The van der Waals surface area contributed by atoms with Crippen molar-refractivity contribution in [2.45, 2.75) is 13.5 Å². The van der Waals surface area contributed by atoms with E-state index in [2.05, 4.69) is 9.97 Å². The molecule has 21 heavy (non-hydrogen) atoms. The van der Waals surface area contributed by atoms with Gasteiger partial charge in [-0.1, -0.05) is 6.07 Å². The third kappa shape index (κ3) is 2.53. The van der Waals surface area contributed by atoms with Crippen molar-refractivity contribution in [1.29, 1.82) is 0 Å². The summed E-state index contributed by atoms with van der Waals surface area (Å²) in [5.74, 6) is -0.159. The van der Waals surface area contributed by atoms with Gasteiger partial charge < -0.3 is 19.3 Å². The van der Waals surface area contributed by atoms with E-state index in [0.717, 1.165) is 11.2 Å². The molecule has 0 unspecified atom stereocenters. The first-order valence-electron chi connectivity index (χ1n) is 6.30. The number of hydrogen-bond acceptors (Lipinski definition) is 5. The highest BCUT2D eigenvalue weighted by Gasteiger charge is 2.16. The second kappa shape index (κ2) is 5.20. The Balaban J connectivity index is 1.84. The second-order valence-electron chi connectivity index (χ2n) is 4.53. The van der Waals surface area contributed by atoms with E-state index < -0.39 is 4.92 Å². The summed E-state index contributed by atoms with van der Waals surface area (Å²) in [6.07, 6.45) is 5.09. The number of nitro groups is 1. The molecule has 0 saturated carbocycles. The molecule has 0 aliphatic rings. The van der Waals surface area contributed by atoms with Gasteiger partial charge in [-0.2, -0.15) is 0 Å². The van der Waals surface area contributed by atoms with Crippen LogP contribution >= 0.6 is 0 Å².